The quantitative estimate of drug-likeness (QED) is 0.455. The SMILES string of the molecule is OC1CC12OCC1(CC1)[C@@H](O)[C@@H]2O. The summed E-state index contributed by atoms with van der Waals surface area (Å²) < 4.78 is 5.49. The van der Waals surface area contributed by atoms with E-state index >= 15 is 0 Å². The average Bonchev–Trinajstić information content (AvgIpc) is 2.96. The zero-order valence-electron chi connectivity index (χ0n) is 7.31. The molecule has 4 atom stereocenters. The van der Waals surface area contributed by atoms with E-state index < -0.39 is 23.9 Å². The van der Waals surface area contributed by atoms with Gasteiger partial charge in [-0.1, -0.05) is 0 Å². The van der Waals surface area contributed by atoms with Gasteiger partial charge in [-0.05, 0) is 12.8 Å². The normalized spacial score (nSPS) is 57.0. The maximum absolute atomic E-state index is 9.82. The van der Waals surface area contributed by atoms with E-state index in [0.29, 0.717) is 13.0 Å². The molecule has 13 heavy (non-hydrogen) atoms. The molecule has 3 aliphatic rings. The largest absolute Gasteiger partial charge is 0.390 e. The first-order valence-electron chi connectivity index (χ1n) is 4.79. The molecule has 4 heteroatoms. The third-order valence-corrected chi connectivity index (χ3v) is 3.86. The molecule has 2 saturated carbocycles. The fourth-order valence-electron chi connectivity index (χ4n) is 2.37. The van der Waals surface area contributed by atoms with Crippen LogP contribution < -0.4 is 0 Å². The van der Waals surface area contributed by atoms with Gasteiger partial charge in [0.15, 0.2) is 0 Å². The van der Waals surface area contributed by atoms with Crippen molar-refractivity contribution in [3.8, 4) is 0 Å². The Morgan fingerprint density at radius 1 is 1.08 bits per heavy atom. The van der Waals surface area contributed by atoms with Gasteiger partial charge >= 0.3 is 0 Å². The van der Waals surface area contributed by atoms with Gasteiger partial charge in [-0.3, -0.25) is 0 Å². The lowest BCUT2D eigenvalue weighted by Gasteiger charge is -2.38. The molecule has 0 aromatic heterocycles. The predicted octanol–water partition coefficient (Wildman–Crippen LogP) is -0.978. The zero-order valence-corrected chi connectivity index (χ0v) is 7.31. The predicted molar refractivity (Wildman–Crippen MR) is 43.0 cm³/mol. The first kappa shape index (κ1) is 8.17. The fraction of sp³-hybridized carbons (Fsp3) is 1.00. The first-order valence-corrected chi connectivity index (χ1v) is 4.79. The smallest absolute Gasteiger partial charge is 0.125 e. The van der Waals surface area contributed by atoms with Crippen LogP contribution in [0.4, 0.5) is 0 Å². The number of ether oxygens (including phenoxy) is 1. The molecule has 2 unspecified atom stereocenters. The highest BCUT2D eigenvalue weighted by molar-refractivity contribution is 5.20. The van der Waals surface area contributed by atoms with E-state index in [2.05, 4.69) is 0 Å². The third-order valence-electron chi connectivity index (χ3n) is 3.86. The number of hydrogen-bond donors (Lipinski definition) is 3. The summed E-state index contributed by atoms with van der Waals surface area (Å²) in [6, 6.07) is 0. The van der Waals surface area contributed by atoms with Crippen LogP contribution >= 0.6 is 0 Å². The molecule has 4 nitrogen and oxygen atoms in total. The fourth-order valence-corrected chi connectivity index (χ4v) is 2.37. The molecular formula is C9H14O4. The molecule has 3 fully saturated rings. The van der Waals surface area contributed by atoms with Gasteiger partial charge in [0.2, 0.25) is 0 Å². The highest BCUT2D eigenvalue weighted by Crippen LogP contribution is 2.59. The van der Waals surface area contributed by atoms with Crippen molar-refractivity contribution >= 4 is 0 Å². The minimum Gasteiger partial charge on any atom is -0.390 e. The second-order valence-corrected chi connectivity index (χ2v) is 4.72. The number of rotatable bonds is 0. The van der Waals surface area contributed by atoms with E-state index in [0.717, 1.165) is 12.8 Å². The molecule has 2 aliphatic carbocycles. The summed E-state index contributed by atoms with van der Waals surface area (Å²) >= 11 is 0. The van der Waals surface area contributed by atoms with Crippen LogP contribution in [0.15, 0.2) is 0 Å². The second kappa shape index (κ2) is 2.08. The van der Waals surface area contributed by atoms with E-state index in [-0.39, 0.29) is 5.41 Å². The summed E-state index contributed by atoms with van der Waals surface area (Å²) in [6.45, 7) is 0.488. The molecule has 2 spiro atoms. The Balaban J connectivity index is 1.84. The van der Waals surface area contributed by atoms with Crippen molar-refractivity contribution in [2.75, 3.05) is 6.61 Å². The summed E-state index contributed by atoms with van der Waals surface area (Å²) in [4.78, 5) is 0. The van der Waals surface area contributed by atoms with E-state index in [4.69, 9.17) is 4.74 Å². The maximum Gasteiger partial charge on any atom is 0.125 e. The highest BCUT2D eigenvalue weighted by atomic mass is 16.5. The summed E-state index contributed by atoms with van der Waals surface area (Å²) in [7, 11) is 0. The van der Waals surface area contributed by atoms with Crippen molar-refractivity contribution in [2.24, 2.45) is 5.41 Å². The Morgan fingerprint density at radius 2 is 1.69 bits per heavy atom. The molecule has 1 saturated heterocycles. The van der Waals surface area contributed by atoms with E-state index in [1.807, 2.05) is 0 Å². The lowest BCUT2D eigenvalue weighted by Crippen LogP contribution is -2.54. The lowest BCUT2D eigenvalue weighted by molar-refractivity contribution is -0.196. The van der Waals surface area contributed by atoms with Crippen LogP contribution in [0.25, 0.3) is 0 Å². The van der Waals surface area contributed by atoms with E-state index in [1.54, 1.807) is 0 Å². The van der Waals surface area contributed by atoms with Gasteiger partial charge in [0.25, 0.3) is 0 Å². The van der Waals surface area contributed by atoms with Gasteiger partial charge < -0.3 is 20.1 Å². The summed E-state index contributed by atoms with van der Waals surface area (Å²) in [5.74, 6) is 0. The molecule has 3 N–H and O–H groups in total. The van der Waals surface area contributed by atoms with Crippen molar-refractivity contribution in [3.63, 3.8) is 0 Å². The molecule has 0 amide bonds. The van der Waals surface area contributed by atoms with Crippen molar-refractivity contribution in [1.82, 2.24) is 0 Å². The molecule has 0 bridgehead atoms. The summed E-state index contributed by atoms with van der Waals surface area (Å²) in [6.07, 6.45) is 0.112. The first-order chi connectivity index (χ1) is 6.11. The van der Waals surface area contributed by atoms with Gasteiger partial charge in [-0.25, -0.2) is 0 Å². The molecule has 0 radical (unpaired) electrons. The minimum atomic E-state index is -0.904. The third kappa shape index (κ3) is 0.845. The highest BCUT2D eigenvalue weighted by Gasteiger charge is 2.70. The molecule has 3 rings (SSSR count). The van der Waals surface area contributed by atoms with Gasteiger partial charge in [0.05, 0.1) is 18.8 Å². The lowest BCUT2D eigenvalue weighted by atomic mass is 9.88. The number of aliphatic hydroxyl groups is 3. The average molecular weight is 186 g/mol. The van der Waals surface area contributed by atoms with Crippen LogP contribution in [0, 0.1) is 5.41 Å². The summed E-state index contributed by atoms with van der Waals surface area (Å²) in [5.41, 5.74) is -1.01. The van der Waals surface area contributed by atoms with Crippen molar-refractivity contribution < 1.29 is 20.1 Å². The van der Waals surface area contributed by atoms with Crippen LogP contribution in [0.1, 0.15) is 19.3 Å². The molecule has 0 aromatic carbocycles. The molecule has 74 valence electrons. The second-order valence-electron chi connectivity index (χ2n) is 4.72. The Labute approximate surface area is 76.1 Å². The maximum atomic E-state index is 9.82. The van der Waals surface area contributed by atoms with E-state index in [9.17, 15) is 15.3 Å². The van der Waals surface area contributed by atoms with Gasteiger partial charge in [-0.2, -0.15) is 0 Å². The van der Waals surface area contributed by atoms with Crippen molar-refractivity contribution in [1.29, 1.82) is 0 Å². The van der Waals surface area contributed by atoms with Gasteiger partial charge in [0.1, 0.15) is 11.7 Å². The van der Waals surface area contributed by atoms with Crippen LogP contribution in [-0.4, -0.2) is 45.8 Å². The Hall–Kier alpha value is -0.160. The molecule has 1 heterocycles. The standard InChI is InChI=1S/C9H14O4/c10-5-3-9(5)7(12)6(11)8(1-2-8)4-13-9/h5-7,10-12H,1-4H2/t5?,6-,7-,9?/m0/s1. The van der Waals surface area contributed by atoms with Gasteiger partial charge in [0, 0.05) is 11.8 Å². The molecule has 0 aromatic rings. The topological polar surface area (TPSA) is 69.9 Å². The minimum absolute atomic E-state index is 0.188. The number of hydrogen-bond acceptors (Lipinski definition) is 4. The van der Waals surface area contributed by atoms with Crippen LogP contribution in [0.2, 0.25) is 0 Å². The molecule has 1 aliphatic heterocycles. The Morgan fingerprint density at radius 3 is 2.15 bits per heavy atom. The Bertz CT molecular complexity index is 250. The van der Waals surface area contributed by atoms with Crippen LogP contribution in [0.3, 0.4) is 0 Å². The van der Waals surface area contributed by atoms with Crippen LogP contribution in [-0.2, 0) is 4.74 Å². The van der Waals surface area contributed by atoms with Crippen LogP contribution in [0.5, 0.6) is 0 Å². The van der Waals surface area contributed by atoms with Gasteiger partial charge in [-0.15, -0.1) is 0 Å². The zero-order chi connectivity index (χ0) is 9.27. The van der Waals surface area contributed by atoms with Crippen molar-refractivity contribution in [2.45, 2.75) is 43.2 Å². The summed E-state index contributed by atoms with van der Waals surface area (Å²) in [5, 5.41) is 28.9. The Kier molecular flexibility index (Phi) is 1.31. The monoisotopic (exact) mass is 186 g/mol. The van der Waals surface area contributed by atoms with Crippen molar-refractivity contribution in [3.05, 3.63) is 0 Å². The molecular weight excluding hydrogens is 172 g/mol. The van der Waals surface area contributed by atoms with E-state index in [1.165, 1.54) is 0 Å². The number of aliphatic hydroxyl groups excluding tert-OH is 3.